The van der Waals surface area contributed by atoms with Crippen molar-refractivity contribution in [3.8, 4) is 0 Å². The van der Waals surface area contributed by atoms with Gasteiger partial charge in [-0.3, -0.25) is 0 Å². The fourth-order valence-electron chi connectivity index (χ4n) is 2.35. The fourth-order valence-corrected chi connectivity index (χ4v) is 2.59. The highest BCUT2D eigenvalue weighted by molar-refractivity contribution is 7.80. The molecule has 0 saturated heterocycles. The highest BCUT2D eigenvalue weighted by atomic mass is 32.1. The smallest absolute Gasteiger partial charge is 0.0550 e. The van der Waals surface area contributed by atoms with Gasteiger partial charge in [0.15, 0.2) is 0 Å². The molecule has 0 heterocycles. The van der Waals surface area contributed by atoms with Gasteiger partial charge in [0.1, 0.15) is 0 Å². The van der Waals surface area contributed by atoms with Crippen LogP contribution in [-0.4, -0.2) is 16.5 Å². The van der Waals surface area contributed by atoms with E-state index in [0.717, 1.165) is 57.8 Å². The second kappa shape index (κ2) is 19.3. The Labute approximate surface area is 161 Å². The van der Waals surface area contributed by atoms with Crippen LogP contribution >= 0.6 is 12.6 Å². The third-order valence-electron chi connectivity index (χ3n) is 3.68. The van der Waals surface area contributed by atoms with Crippen LogP contribution in [0, 0.1) is 0 Å². The van der Waals surface area contributed by atoms with Crippen LogP contribution in [0.15, 0.2) is 60.8 Å². The van der Waals surface area contributed by atoms with E-state index in [1.165, 1.54) is 0 Å². The summed E-state index contributed by atoms with van der Waals surface area (Å²) >= 11 is 4.30. The maximum atomic E-state index is 9.75. The molecule has 0 bridgehead atoms. The molecule has 0 spiro atoms. The molecule has 0 saturated carbocycles. The van der Waals surface area contributed by atoms with Crippen molar-refractivity contribution in [1.29, 1.82) is 0 Å². The predicted octanol–water partition coefficient (Wildman–Crippen LogP) is 6.98. The third-order valence-corrected chi connectivity index (χ3v) is 3.89. The Morgan fingerprint density at radius 3 is 1.64 bits per heavy atom. The summed E-state index contributed by atoms with van der Waals surface area (Å²) in [5.74, 6) is 0. The minimum Gasteiger partial charge on any atom is -0.393 e. The first kappa shape index (κ1) is 24.0. The van der Waals surface area contributed by atoms with E-state index >= 15 is 0 Å². The molecule has 2 heteroatoms. The monoisotopic (exact) mass is 362 g/mol. The van der Waals surface area contributed by atoms with Gasteiger partial charge in [0.05, 0.1) is 6.10 Å². The minimum absolute atomic E-state index is 0.199. The summed E-state index contributed by atoms with van der Waals surface area (Å²) in [4.78, 5) is 0. The molecule has 0 rings (SSSR count). The molecule has 0 fully saturated rings. The molecule has 2 unspecified atom stereocenters. The van der Waals surface area contributed by atoms with Crippen LogP contribution in [0.3, 0.4) is 0 Å². The van der Waals surface area contributed by atoms with Gasteiger partial charge >= 0.3 is 0 Å². The van der Waals surface area contributed by atoms with Crippen molar-refractivity contribution in [2.45, 2.75) is 83.0 Å². The summed E-state index contributed by atoms with van der Waals surface area (Å²) in [6.45, 7) is 4.18. The number of allylic oxidation sites excluding steroid dienone is 10. The summed E-state index contributed by atoms with van der Waals surface area (Å²) in [6.07, 6.45) is 30.9. The van der Waals surface area contributed by atoms with Crippen molar-refractivity contribution >= 4 is 12.6 Å². The summed E-state index contributed by atoms with van der Waals surface area (Å²) in [5.41, 5.74) is 0. The number of aliphatic hydroxyl groups is 1. The maximum absolute atomic E-state index is 9.75. The van der Waals surface area contributed by atoms with Crippen LogP contribution in [0.25, 0.3) is 0 Å². The summed E-state index contributed by atoms with van der Waals surface area (Å²) in [5, 5.41) is 10.0. The summed E-state index contributed by atoms with van der Waals surface area (Å²) in [6, 6.07) is 0. The van der Waals surface area contributed by atoms with Crippen LogP contribution in [0.4, 0.5) is 0 Å². The summed E-state index contributed by atoms with van der Waals surface area (Å²) < 4.78 is 0. The molecule has 0 radical (unpaired) electrons. The average molecular weight is 363 g/mol. The van der Waals surface area contributed by atoms with E-state index < -0.39 is 0 Å². The highest BCUT2D eigenvalue weighted by Crippen LogP contribution is 2.10. The molecule has 0 aliphatic carbocycles. The highest BCUT2D eigenvalue weighted by Gasteiger charge is 2.05. The lowest BCUT2D eigenvalue weighted by Crippen LogP contribution is -2.11. The Morgan fingerprint density at radius 1 is 0.760 bits per heavy atom. The predicted molar refractivity (Wildman–Crippen MR) is 117 cm³/mol. The molecule has 0 aromatic rings. The molecule has 25 heavy (non-hydrogen) atoms. The Bertz CT molecular complexity index is 416. The van der Waals surface area contributed by atoms with Crippen molar-refractivity contribution in [1.82, 2.24) is 0 Å². The molecule has 2 atom stereocenters. The zero-order valence-electron chi connectivity index (χ0n) is 16.2. The Morgan fingerprint density at radius 2 is 1.20 bits per heavy atom. The van der Waals surface area contributed by atoms with Gasteiger partial charge in [0.2, 0.25) is 0 Å². The minimum atomic E-state index is -0.199. The van der Waals surface area contributed by atoms with Gasteiger partial charge in [-0.15, -0.1) is 0 Å². The molecule has 142 valence electrons. The number of aliphatic hydroxyl groups excluding tert-OH is 1. The number of rotatable bonds is 15. The van der Waals surface area contributed by atoms with Crippen molar-refractivity contribution in [3.05, 3.63) is 60.8 Å². The largest absolute Gasteiger partial charge is 0.393 e. The first-order chi connectivity index (χ1) is 12.2. The second-order valence-corrected chi connectivity index (χ2v) is 7.26. The van der Waals surface area contributed by atoms with E-state index in [4.69, 9.17) is 0 Å². The van der Waals surface area contributed by atoms with Gasteiger partial charge in [-0.05, 0) is 57.8 Å². The number of thiol groups is 1. The van der Waals surface area contributed by atoms with Crippen LogP contribution < -0.4 is 0 Å². The first-order valence-corrected chi connectivity index (χ1v) is 10.3. The lowest BCUT2D eigenvalue weighted by atomic mass is 10.1. The fraction of sp³-hybridized carbons (Fsp3) is 0.565. The molecule has 0 aliphatic heterocycles. The quantitative estimate of drug-likeness (QED) is 0.183. The second-order valence-electron chi connectivity index (χ2n) is 6.38. The molecule has 0 aromatic heterocycles. The standard InChI is InChI=1S/C23H38OS/c1-3-4-5-6-7-8-9-10-11-12-13-14-15-16-17-18-19-20-23(24)21-22(2)25/h4-5,7-8,10-11,13-14,16-17,22-25H,3,6,9,12,15,18-21H2,1-2H3/b5-4+,8-7+,11-10+,14-13+,17-16+. The maximum Gasteiger partial charge on any atom is 0.0550 e. The van der Waals surface area contributed by atoms with Gasteiger partial charge in [-0.1, -0.05) is 74.6 Å². The Kier molecular flexibility index (Phi) is 18.6. The number of unbranched alkanes of at least 4 members (excludes halogenated alkanes) is 1. The topological polar surface area (TPSA) is 20.2 Å². The summed E-state index contributed by atoms with van der Waals surface area (Å²) in [7, 11) is 0. The average Bonchev–Trinajstić information content (AvgIpc) is 2.57. The Hall–Kier alpha value is -0.990. The van der Waals surface area contributed by atoms with Crippen LogP contribution in [0.1, 0.15) is 71.6 Å². The zero-order chi connectivity index (χ0) is 18.6. The number of hydrogen-bond acceptors (Lipinski definition) is 2. The molecule has 1 nitrogen and oxygen atoms in total. The Balaban J connectivity index is 3.50. The van der Waals surface area contributed by atoms with Crippen LogP contribution in [-0.2, 0) is 0 Å². The SMILES string of the molecule is CC/C=C/C/C=C/C/C=C/C/C=C/C/C=C/CCCC(O)CC(C)S. The molecular weight excluding hydrogens is 324 g/mol. The molecule has 0 aromatic carbocycles. The normalized spacial score (nSPS) is 15.5. The van der Waals surface area contributed by atoms with Gasteiger partial charge in [0.25, 0.3) is 0 Å². The molecular formula is C23H38OS. The molecule has 1 N–H and O–H groups in total. The van der Waals surface area contributed by atoms with E-state index in [0.29, 0.717) is 0 Å². The van der Waals surface area contributed by atoms with Crippen LogP contribution in [0.5, 0.6) is 0 Å². The van der Waals surface area contributed by atoms with Crippen LogP contribution in [0.2, 0.25) is 0 Å². The zero-order valence-corrected chi connectivity index (χ0v) is 17.1. The van der Waals surface area contributed by atoms with Crippen molar-refractivity contribution in [2.24, 2.45) is 0 Å². The van der Waals surface area contributed by atoms with Crippen molar-refractivity contribution < 1.29 is 5.11 Å². The molecule has 0 aliphatic rings. The van der Waals surface area contributed by atoms with Gasteiger partial charge < -0.3 is 5.11 Å². The van der Waals surface area contributed by atoms with E-state index in [9.17, 15) is 5.11 Å². The van der Waals surface area contributed by atoms with Crippen molar-refractivity contribution in [3.63, 3.8) is 0 Å². The van der Waals surface area contributed by atoms with Gasteiger partial charge in [-0.2, -0.15) is 12.6 Å². The van der Waals surface area contributed by atoms with E-state index in [-0.39, 0.29) is 11.4 Å². The van der Waals surface area contributed by atoms with E-state index in [2.05, 4.69) is 80.3 Å². The first-order valence-electron chi connectivity index (χ1n) is 9.77. The van der Waals surface area contributed by atoms with E-state index in [1.807, 2.05) is 6.92 Å². The van der Waals surface area contributed by atoms with Gasteiger partial charge in [0, 0.05) is 5.25 Å². The molecule has 0 amide bonds. The lowest BCUT2D eigenvalue weighted by molar-refractivity contribution is 0.153. The van der Waals surface area contributed by atoms with Gasteiger partial charge in [-0.25, -0.2) is 0 Å². The third kappa shape index (κ3) is 21.0. The number of hydrogen-bond donors (Lipinski definition) is 2. The van der Waals surface area contributed by atoms with Crippen molar-refractivity contribution in [2.75, 3.05) is 0 Å². The van der Waals surface area contributed by atoms with E-state index in [1.54, 1.807) is 0 Å². The lowest BCUT2D eigenvalue weighted by Gasteiger charge is -2.11.